The number of nitrogens with zero attached hydrogens (tertiary/aromatic N) is 1. The van der Waals surface area contributed by atoms with Gasteiger partial charge in [-0.25, -0.2) is 0 Å². The molecule has 1 N–H and O–H groups in total. The van der Waals surface area contributed by atoms with Crippen molar-refractivity contribution in [2.75, 3.05) is 0 Å². The maximum atomic E-state index is 10.6. The number of hydrogen-bond acceptors (Lipinski definition) is 2. The van der Waals surface area contributed by atoms with E-state index in [0.29, 0.717) is 5.69 Å². The molecule has 2 aromatic rings. The van der Waals surface area contributed by atoms with Crippen molar-refractivity contribution in [3.8, 4) is 0 Å². The molecule has 0 fully saturated rings. The van der Waals surface area contributed by atoms with Crippen LogP contribution in [0.5, 0.6) is 0 Å². The molecule has 0 spiro atoms. The van der Waals surface area contributed by atoms with Crippen LogP contribution in [-0.2, 0) is 11.2 Å². The van der Waals surface area contributed by atoms with Gasteiger partial charge in [-0.2, -0.15) is 0 Å². The van der Waals surface area contributed by atoms with Crippen LogP contribution in [0, 0.1) is 0 Å². The molecule has 2 rings (SSSR count). The topological polar surface area (TPSA) is 50.2 Å². The predicted octanol–water partition coefficient (Wildman–Crippen LogP) is 2.62. The number of carbonyl (C=O) groups is 1. The zero-order valence-corrected chi connectivity index (χ0v) is 9.36. The van der Waals surface area contributed by atoms with Gasteiger partial charge in [0, 0.05) is 16.1 Å². The molecule has 15 heavy (non-hydrogen) atoms. The van der Waals surface area contributed by atoms with Crippen LogP contribution < -0.4 is 0 Å². The lowest BCUT2D eigenvalue weighted by molar-refractivity contribution is -0.136. The second-order valence-electron chi connectivity index (χ2n) is 3.19. The van der Waals surface area contributed by atoms with Crippen molar-refractivity contribution in [1.82, 2.24) is 4.98 Å². The number of carboxylic acids is 1. The molecule has 76 valence electrons. The summed E-state index contributed by atoms with van der Waals surface area (Å²) in [4.78, 5) is 14.7. The fourth-order valence-corrected chi connectivity index (χ4v) is 1.87. The van der Waals surface area contributed by atoms with Gasteiger partial charge < -0.3 is 5.11 Å². The van der Waals surface area contributed by atoms with Crippen LogP contribution in [0.3, 0.4) is 0 Å². The first-order chi connectivity index (χ1) is 7.16. The number of fused-ring (bicyclic) bond motifs is 1. The molecule has 0 saturated carbocycles. The van der Waals surface area contributed by atoms with Gasteiger partial charge in [-0.3, -0.25) is 9.78 Å². The van der Waals surface area contributed by atoms with E-state index < -0.39 is 5.97 Å². The van der Waals surface area contributed by atoms with E-state index in [2.05, 4.69) is 20.9 Å². The van der Waals surface area contributed by atoms with Crippen molar-refractivity contribution in [2.45, 2.75) is 6.42 Å². The maximum absolute atomic E-state index is 10.6. The van der Waals surface area contributed by atoms with Gasteiger partial charge in [0.2, 0.25) is 0 Å². The monoisotopic (exact) mass is 265 g/mol. The fraction of sp³-hybridized carbons (Fsp3) is 0.0909. The van der Waals surface area contributed by atoms with Gasteiger partial charge in [0.1, 0.15) is 0 Å². The number of aliphatic carboxylic acids is 1. The van der Waals surface area contributed by atoms with Crippen LogP contribution in [-0.4, -0.2) is 16.1 Å². The summed E-state index contributed by atoms with van der Waals surface area (Å²) < 4.78 is 0.975. The third-order valence-electron chi connectivity index (χ3n) is 2.13. The molecule has 1 aromatic heterocycles. The number of benzene rings is 1. The Labute approximate surface area is 94.9 Å². The highest BCUT2D eigenvalue weighted by atomic mass is 79.9. The Kier molecular flexibility index (Phi) is 2.68. The number of aromatic nitrogens is 1. The largest absolute Gasteiger partial charge is 0.481 e. The standard InChI is InChI=1S/C11H8BrNO2/c12-8-1-2-9-7(5-8)3-4-13-10(9)6-11(14)15/h1-5H,6H2,(H,14,15). The Morgan fingerprint density at radius 2 is 2.20 bits per heavy atom. The smallest absolute Gasteiger partial charge is 0.309 e. The molecule has 0 atom stereocenters. The summed E-state index contributed by atoms with van der Waals surface area (Å²) in [5.41, 5.74) is 0.604. The van der Waals surface area contributed by atoms with E-state index in [1.54, 1.807) is 6.20 Å². The van der Waals surface area contributed by atoms with E-state index in [-0.39, 0.29) is 6.42 Å². The minimum atomic E-state index is -0.863. The third-order valence-corrected chi connectivity index (χ3v) is 2.62. The number of carboxylic acid groups (broad SMARTS) is 1. The summed E-state index contributed by atoms with van der Waals surface area (Å²) in [5.74, 6) is -0.863. The third kappa shape index (κ3) is 2.15. The lowest BCUT2D eigenvalue weighted by Crippen LogP contribution is -2.02. The molecule has 1 aromatic carbocycles. The first-order valence-corrected chi connectivity index (χ1v) is 5.21. The second-order valence-corrected chi connectivity index (χ2v) is 4.11. The van der Waals surface area contributed by atoms with Gasteiger partial charge in [0.25, 0.3) is 0 Å². The average molecular weight is 266 g/mol. The molecular formula is C11H8BrNO2. The number of hydrogen-bond donors (Lipinski definition) is 1. The highest BCUT2D eigenvalue weighted by molar-refractivity contribution is 9.10. The van der Waals surface area contributed by atoms with E-state index in [0.717, 1.165) is 15.2 Å². The Hall–Kier alpha value is -1.42. The van der Waals surface area contributed by atoms with E-state index in [4.69, 9.17) is 5.11 Å². The zero-order chi connectivity index (χ0) is 10.8. The van der Waals surface area contributed by atoms with Gasteiger partial charge in [0.15, 0.2) is 0 Å². The van der Waals surface area contributed by atoms with Gasteiger partial charge in [-0.1, -0.05) is 22.0 Å². The summed E-state index contributed by atoms with van der Waals surface area (Å²) in [6, 6.07) is 7.58. The first-order valence-electron chi connectivity index (χ1n) is 4.42. The minimum absolute atomic E-state index is 0.0427. The molecule has 0 aliphatic carbocycles. The molecule has 0 unspecified atom stereocenters. The molecule has 3 nitrogen and oxygen atoms in total. The Morgan fingerprint density at radius 1 is 1.40 bits per heavy atom. The first kappa shape index (κ1) is 10.1. The van der Waals surface area contributed by atoms with Crippen molar-refractivity contribution < 1.29 is 9.90 Å². The van der Waals surface area contributed by atoms with E-state index in [1.165, 1.54) is 0 Å². The number of halogens is 1. The quantitative estimate of drug-likeness (QED) is 0.908. The average Bonchev–Trinajstić information content (AvgIpc) is 2.16. The summed E-state index contributed by atoms with van der Waals surface area (Å²) in [7, 11) is 0. The molecule has 1 heterocycles. The molecule has 0 amide bonds. The van der Waals surface area contributed by atoms with Gasteiger partial charge in [-0.05, 0) is 23.6 Å². The normalized spacial score (nSPS) is 10.5. The summed E-state index contributed by atoms with van der Waals surface area (Å²) in [6.07, 6.45) is 1.59. The molecule has 0 aliphatic rings. The lowest BCUT2D eigenvalue weighted by Gasteiger charge is -2.03. The zero-order valence-electron chi connectivity index (χ0n) is 7.77. The Balaban J connectivity index is 2.60. The van der Waals surface area contributed by atoms with Crippen molar-refractivity contribution >= 4 is 32.7 Å². The van der Waals surface area contributed by atoms with Crippen LogP contribution in [0.15, 0.2) is 34.9 Å². The van der Waals surface area contributed by atoms with Gasteiger partial charge in [-0.15, -0.1) is 0 Å². The molecule has 0 saturated heterocycles. The van der Waals surface area contributed by atoms with Gasteiger partial charge in [0.05, 0.1) is 12.1 Å². The molecule has 4 heteroatoms. The van der Waals surface area contributed by atoms with Crippen molar-refractivity contribution in [1.29, 1.82) is 0 Å². The maximum Gasteiger partial charge on any atom is 0.309 e. The lowest BCUT2D eigenvalue weighted by atomic mass is 10.1. The van der Waals surface area contributed by atoms with Crippen molar-refractivity contribution in [3.05, 3.63) is 40.6 Å². The van der Waals surface area contributed by atoms with E-state index >= 15 is 0 Å². The Bertz CT molecular complexity index is 525. The summed E-state index contributed by atoms with van der Waals surface area (Å²) in [5, 5.41) is 10.6. The summed E-state index contributed by atoms with van der Waals surface area (Å²) >= 11 is 3.37. The molecule has 0 bridgehead atoms. The van der Waals surface area contributed by atoms with Crippen LogP contribution in [0.1, 0.15) is 5.69 Å². The van der Waals surface area contributed by atoms with E-state index in [9.17, 15) is 4.79 Å². The van der Waals surface area contributed by atoms with Crippen LogP contribution >= 0.6 is 15.9 Å². The highest BCUT2D eigenvalue weighted by Gasteiger charge is 2.06. The molecule has 0 radical (unpaired) electrons. The van der Waals surface area contributed by atoms with Gasteiger partial charge >= 0.3 is 5.97 Å². The fourth-order valence-electron chi connectivity index (χ4n) is 1.50. The van der Waals surface area contributed by atoms with Crippen LogP contribution in [0.25, 0.3) is 10.8 Å². The second kappa shape index (κ2) is 3.98. The van der Waals surface area contributed by atoms with Crippen molar-refractivity contribution in [3.63, 3.8) is 0 Å². The van der Waals surface area contributed by atoms with Crippen LogP contribution in [0.4, 0.5) is 0 Å². The van der Waals surface area contributed by atoms with Crippen molar-refractivity contribution in [2.24, 2.45) is 0 Å². The predicted molar refractivity (Wildman–Crippen MR) is 60.8 cm³/mol. The van der Waals surface area contributed by atoms with Crippen LogP contribution in [0.2, 0.25) is 0 Å². The number of rotatable bonds is 2. The summed E-state index contributed by atoms with van der Waals surface area (Å²) in [6.45, 7) is 0. The molecular weight excluding hydrogens is 258 g/mol. The number of pyridine rings is 1. The highest BCUT2D eigenvalue weighted by Crippen LogP contribution is 2.21. The molecule has 0 aliphatic heterocycles. The minimum Gasteiger partial charge on any atom is -0.481 e. The van der Waals surface area contributed by atoms with E-state index in [1.807, 2.05) is 24.3 Å². The SMILES string of the molecule is O=C(O)Cc1nccc2cc(Br)ccc12. The Morgan fingerprint density at radius 3 is 2.93 bits per heavy atom.